The number of carbonyl (C=O) groups excluding carboxylic acids is 1. The molecule has 2 aliphatic rings. The second kappa shape index (κ2) is 8.65. The van der Waals surface area contributed by atoms with Crippen LogP contribution in [0.2, 0.25) is 0 Å². The number of nitrogens with zero attached hydrogens (tertiary/aromatic N) is 3. The Balaban J connectivity index is 1.32. The number of hydrogen-bond donors (Lipinski definition) is 0. The van der Waals surface area contributed by atoms with Gasteiger partial charge in [-0.2, -0.15) is 4.31 Å². The van der Waals surface area contributed by atoms with Gasteiger partial charge in [0, 0.05) is 51.4 Å². The summed E-state index contributed by atoms with van der Waals surface area (Å²) >= 11 is 0. The van der Waals surface area contributed by atoms with Gasteiger partial charge in [-0.15, -0.1) is 0 Å². The van der Waals surface area contributed by atoms with E-state index < -0.39 is 10.0 Å². The van der Waals surface area contributed by atoms with Crippen LogP contribution in [0.3, 0.4) is 0 Å². The molecule has 0 bridgehead atoms. The Kier molecular flexibility index (Phi) is 5.99. The second-order valence-corrected chi connectivity index (χ2v) is 9.63. The molecule has 0 unspecified atom stereocenters. The number of benzene rings is 2. The van der Waals surface area contributed by atoms with E-state index in [1.165, 1.54) is 0 Å². The standard InChI is InChI=1S/C22H27N3O3S/c26-22(24-12-4-5-13-24)20-10-8-19(9-11-20)18-23-14-16-25(17-15-23)29(27,28)21-6-2-1-3-7-21/h1-3,6-11H,4-5,12-18H2. The largest absolute Gasteiger partial charge is 0.339 e. The van der Waals surface area contributed by atoms with Crippen molar-refractivity contribution in [3.63, 3.8) is 0 Å². The Labute approximate surface area is 172 Å². The number of carbonyl (C=O) groups is 1. The summed E-state index contributed by atoms with van der Waals surface area (Å²) in [5.74, 6) is 0.119. The van der Waals surface area contributed by atoms with E-state index in [2.05, 4.69) is 4.90 Å². The normalized spacial score (nSPS) is 18.8. The van der Waals surface area contributed by atoms with Crippen LogP contribution >= 0.6 is 0 Å². The molecule has 0 aliphatic carbocycles. The van der Waals surface area contributed by atoms with E-state index in [4.69, 9.17) is 0 Å². The minimum atomic E-state index is -3.42. The first-order chi connectivity index (χ1) is 14.0. The molecule has 0 aromatic heterocycles. The predicted octanol–water partition coefficient (Wildman–Crippen LogP) is 2.43. The molecule has 2 heterocycles. The van der Waals surface area contributed by atoms with Crippen LogP contribution in [0.15, 0.2) is 59.5 Å². The maximum absolute atomic E-state index is 12.7. The van der Waals surface area contributed by atoms with E-state index >= 15 is 0 Å². The third-order valence-corrected chi connectivity index (χ3v) is 7.63. The van der Waals surface area contributed by atoms with Gasteiger partial charge >= 0.3 is 0 Å². The second-order valence-electron chi connectivity index (χ2n) is 7.69. The highest BCUT2D eigenvalue weighted by Gasteiger charge is 2.28. The lowest BCUT2D eigenvalue weighted by atomic mass is 10.1. The molecule has 0 N–H and O–H groups in total. The van der Waals surface area contributed by atoms with Gasteiger partial charge in [0.2, 0.25) is 10.0 Å². The van der Waals surface area contributed by atoms with Crippen molar-refractivity contribution < 1.29 is 13.2 Å². The molecule has 154 valence electrons. The fourth-order valence-corrected chi connectivity index (χ4v) is 5.43. The van der Waals surface area contributed by atoms with Gasteiger partial charge in [0.1, 0.15) is 0 Å². The van der Waals surface area contributed by atoms with Gasteiger partial charge in [0.25, 0.3) is 5.91 Å². The fourth-order valence-electron chi connectivity index (χ4n) is 3.98. The Morgan fingerprint density at radius 2 is 1.41 bits per heavy atom. The summed E-state index contributed by atoms with van der Waals surface area (Å²) in [5.41, 5.74) is 1.89. The third-order valence-electron chi connectivity index (χ3n) is 5.71. The summed E-state index contributed by atoms with van der Waals surface area (Å²) in [4.78, 5) is 17.0. The molecule has 4 rings (SSSR count). The minimum absolute atomic E-state index is 0.119. The lowest BCUT2D eigenvalue weighted by Crippen LogP contribution is -2.48. The summed E-state index contributed by atoms with van der Waals surface area (Å²) in [6.45, 7) is 4.84. The monoisotopic (exact) mass is 413 g/mol. The van der Waals surface area contributed by atoms with Gasteiger partial charge in [-0.05, 0) is 42.7 Å². The van der Waals surface area contributed by atoms with Crippen molar-refractivity contribution in [2.24, 2.45) is 0 Å². The molecule has 29 heavy (non-hydrogen) atoms. The Bertz CT molecular complexity index is 931. The minimum Gasteiger partial charge on any atom is -0.339 e. The third kappa shape index (κ3) is 4.52. The summed E-state index contributed by atoms with van der Waals surface area (Å²) in [6.07, 6.45) is 2.19. The van der Waals surface area contributed by atoms with Crippen molar-refractivity contribution in [2.75, 3.05) is 39.3 Å². The van der Waals surface area contributed by atoms with Crippen molar-refractivity contribution in [2.45, 2.75) is 24.3 Å². The lowest BCUT2D eigenvalue weighted by Gasteiger charge is -2.34. The van der Waals surface area contributed by atoms with E-state index in [0.29, 0.717) is 31.1 Å². The smallest absolute Gasteiger partial charge is 0.253 e. The lowest BCUT2D eigenvalue weighted by molar-refractivity contribution is 0.0793. The van der Waals surface area contributed by atoms with Crippen molar-refractivity contribution in [1.29, 1.82) is 0 Å². The maximum atomic E-state index is 12.7. The molecule has 1 amide bonds. The topological polar surface area (TPSA) is 60.9 Å². The zero-order chi connectivity index (χ0) is 20.3. The van der Waals surface area contributed by atoms with E-state index in [1.54, 1.807) is 28.6 Å². The molecule has 2 aromatic carbocycles. The number of sulfonamides is 1. The molecule has 6 nitrogen and oxygen atoms in total. The highest BCUT2D eigenvalue weighted by Crippen LogP contribution is 2.19. The van der Waals surface area contributed by atoms with Crippen molar-refractivity contribution >= 4 is 15.9 Å². The van der Waals surface area contributed by atoms with Gasteiger partial charge in [-0.25, -0.2) is 8.42 Å². The summed E-state index contributed by atoms with van der Waals surface area (Å²) < 4.78 is 27.0. The maximum Gasteiger partial charge on any atom is 0.253 e. The number of piperazine rings is 1. The molecule has 0 radical (unpaired) electrons. The van der Waals surface area contributed by atoms with Crippen molar-refractivity contribution in [1.82, 2.24) is 14.1 Å². The van der Waals surface area contributed by atoms with E-state index in [1.807, 2.05) is 35.2 Å². The van der Waals surface area contributed by atoms with Crippen LogP contribution in [0.5, 0.6) is 0 Å². The predicted molar refractivity (Wildman–Crippen MR) is 112 cm³/mol. The number of rotatable bonds is 5. The van der Waals surface area contributed by atoms with Gasteiger partial charge in [-0.3, -0.25) is 9.69 Å². The van der Waals surface area contributed by atoms with Crippen LogP contribution < -0.4 is 0 Å². The van der Waals surface area contributed by atoms with E-state index in [0.717, 1.165) is 43.6 Å². The highest BCUT2D eigenvalue weighted by atomic mass is 32.2. The first-order valence-corrected chi connectivity index (χ1v) is 11.6. The SMILES string of the molecule is O=C(c1ccc(CN2CCN(S(=O)(=O)c3ccccc3)CC2)cc1)N1CCCC1. The molecule has 2 saturated heterocycles. The molecule has 2 fully saturated rings. The number of likely N-dealkylation sites (tertiary alicyclic amines) is 1. The molecule has 0 spiro atoms. The summed E-state index contributed by atoms with van der Waals surface area (Å²) in [7, 11) is -3.42. The Morgan fingerprint density at radius 3 is 2.03 bits per heavy atom. The average molecular weight is 414 g/mol. The average Bonchev–Trinajstić information content (AvgIpc) is 3.30. The van der Waals surface area contributed by atoms with Gasteiger partial charge < -0.3 is 4.90 Å². The summed E-state index contributed by atoms with van der Waals surface area (Å²) in [6, 6.07) is 16.5. The zero-order valence-electron chi connectivity index (χ0n) is 16.5. The summed E-state index contributed by atoms with van der Waals surface area (Å²) in [5, 5.41) is 0. The van der Waals surface area contributed by atoms with Crippen LogP contribution in [0.4, 0.5) is 0 Å². The molecular weight excluding hydrogens is 386 g/mol. The quantitative estimate of drug-likeness (QED) is 0.755. The molecular formula is C22H27N3O3S. The molecule has 2 aromatic rings. The van der Waals surface area contributed by atoms with Crippen molar-refractivity contribution in [3.05, 3.63) is 65.7 Å². The van der Waals surface area contributed by atoms with Crippen LogP contribution in [-0.4, -0.2) is 67.7 Å². The first-order valence-electron chi connectivity index (χ1n) is 10.2. The van der Waals surface area contributed by atoms with Crippen LogP contribution in [0, 0.1) is 0 Å². The van der Waals surface area contributed by atoms with Gasteiger partial charge in [-0.1, -0.05) is 30.3 Å². The van der Waals surface area contributed by atoms with Crippen LogP contribution in [0.1, 0.15) is 28.8 Å². The van der Waals surface area contributed by atoms with Crippen LogP contribution in [0.25, 0.3) is 0 Å². The highest BCUT2D eigenvalue weighted by molar-refractivity contribution is 7.89. The molecule has 0 saturated carbocycles. The van der Waals surface area contributed by atoms with Gasteiger partial charge in [0.15, 0.2) is 0 Å². The zero-order valence-corrected chi connectivity index (χ0v) is 17.4. The fraction of sp³-hybridized carbons (Fsp3) is 0.409. The Morgan fingerprint density at radius 1 is 0.793 bits per heavy atom. The number of hydrogen-bond acceptors (Lipinski definition) is 4. The van der Waals surface area contributed by atoms with E-state index in [9.17, 15) is 13.2 Å². The molecule has 0 atom stereocenters. The Hall–Kier alpha value is -2.22. The van der Waals surface area contributed by atoms with Gasteiger partial charge in [0.05, 0.1) is 4.90 Å². The van der Waals surface area contributed by atoms with Crippen LogP contribution in [-0.2, 0) is 16.6 Å². The molecule has 2 aliphatic heterocycles. The first kappa shape index (κ1) is 20.1. The van der Waals surface area contributed by atoms with E-state index in [-0.39, 0.29) is 5.91 Å². The van der Waals surface area contributed by atoms with Crippen molar-refractivity contribution in [3.8, 4) is 0 Å². The molecule has 7 heteroatoms. The number of amides is 1.